The summed E-state index contributed by atoms with van der Waals surface area (Å²) in [6, 6.07) is 2.65. The van der Waals surface area contributed by atoms with Gasteiger partial charge < -0.3 is 4.74 Å². The summed E-state index contributed by atoms with van der Waals surface area (Å²) in [6.45, 7) is 0. The van der Waals surface area contributed by atoms with Crippen LogP contribution in [0.25, 0.3) is 0 Å². The molecule has 1 saturated carbocycles. The van der Waals surface area contributed by atoms with Crippen molar-refractivity contribution in [1.29, 1.82) is 0 Å². The van der Waals surface area contributed by atoms with E-state index in [2.05, 4.69) is 15.9 Å². The minimum absolute atomic E-state index is 0.0119. The molecule has 4 nitrogen and oxygen atoms in total. The summed E-state index contributed by atoms with van der Waals surface area (Å²) < 4.78 is 28.3. The first-order valence-electron chi connectivity index (χ1n) is 5.43. The molecule has 1 aliphatic rings. The van der Waals surface area contributed by atoms with E-state index in [4.69, 9.17) is 27.0 Å². The molecule has 0 aliphatic heterocycles. The first kappa shape index (κ1) is 15.1. The molecule has 0 radical (unpaired) electrons. The van der Waals surface area contributed by atoms with Crippen LogP contribution < -0.4 is 0 Å². The molecule has 19 heavy (non-hydrogen) atoms. The molecular formula is C11H9BrCl2O4S. The Morgan fingerprint density at radius 3 is 2.47 bits per heavy atom. The molecule has 1 aromatic rings. The molecule has 0 amide bonds. The number of benzene rings is 1. The summed E-state index contributed by atoms with van der Waals surface area (Å²) in [5.41, 5.74) is -0.0119. The van der Waals surface area contributed by atoms with Crippen molar-refractivity contribution in [2.45, 2.75) is 30.3 Å². The van der Waals surface area contributed by atoms with Gasteiger partial charge in [-0.3, -0.25) is 0 Å². The van der Waals surface area contributed by atoms with Gasteiger partial charge in [-0.15, -0.1) is 0 Å². The maximum atomic E-state index is 11.9. The lowest BCUT2D eigenvalue weighted by atomic mass is 9.96. The van der Waals surface area contributed by atoms with E-state index in [-0.39, 0.29) is 21.6 Å². The van der Waals surface area contributed by atoms with Crippen LogP contribution >= 0.6 is 38.2 Å². The van der Waals surface area contributed by atoms with Crippen molar-refractivity contribution in [2.75, 3.05) is 0 Å². The summed E-state index contributed by atoms with van der Waals surface area (Å²) in [5, 5.41) is -0.220. The molecule has 1 fully saturated rings. The van der Waals surface area contributed by atoms with Crippen molar-refractivity contribution in [3.63, 3.8) is 0 Å². The van der Waals surface area contributed by atoms with Crippen molar-refractivity contribution in [3.8, 4) is 0 Å². The Kier molecular flexibility index (Phi) is 4.45. The quantitative estimate of drug-likeness (QED) is 0.585. The molecule has 104 valence electrons. The lowest BCUT2D eigenvalue weighted by Crippen LogP contribution is -2.25. The van der Waals surface area contributed by atoms with E-state index < -0.39 is 15.0 Å². The standard InChI is InChI=1S/C11H9BrCl2O4S/c12-6-4-8(11(15)18-7-2-1-3-7)10(13)9(5-6)19(14,16)17/h4-5,7H,1-3H2. The first-order chi connectivity index (χ1) is 8.79. The van der Waals surface area contributed by atoms with Gasteiger partial charge >= 0.3 is 5.97 Å². The van der Waals surface area contributed by atoms with Gasteiger partial charge in [0.15, 0.2) is 0 Å². The number of carbonyl (C=O) groups excluding carboxylic acids is 1. The maximum absolute atomic E-state index is 11.9. The van der Waals surface area contributed by atoms with E-state index in [0.717, 1.165) is 19.3 Å². The predicted octanol–water partition coefficient (Wildman–Crippen LogP) is 3.74. The number of rotatable bonds is 3. The highest BCUT2D eigenvalue weighted by Gasteiger charge is 2.27. The second kappa shape index (κ2) is 5.60. The second-order valence-electron chi connectivity index (χ2n) is 4.16. The van der Waals surface area contributed by atoms with Gasteiger partial charge in [0.25, 0.3) is 9.05 Å². The van der Waals surface area contributed by atoms with E-state index >= 15 is 0 Å². The van der Waals surface area contributed by atoms with Gasteiger partial charge in [-0.25, -0.2) is 13.2 Å². The highest BCUT2D eigenvalue weighted by Crippen LogP contribution is 2.33. The molecule has 0 atom stereocenters. The minimum Gasteiger partial charge on any atom is -0.459 e. The molecule has 0 heterocycles. The van der Waals surface area contributed by atoms with Gasteiger partial charge in [0.05, 0.1) is 10.6 Å². The Labute approximate surface area is 128 Å². The Bertz CT molecular complexity index is 626. The highest BCUT2D eigenvalue weighted by molar-refractivity contribution is 9.10. The Morgan fingerprint density at radius 1 is 1.37 bits per heavy atom. The van der Waals surface area contributed by atoms with Crippen LogP contribution in [0.15, 0.2) is 21.5 Å². The molecule has 1 aliphatic carbocycles. The van der Waals surface area contributed by atoms with Gasteiger partial charge in [-0.1, -0.05) is 27.5 Å². The summed E-state index contributed by atoms with van der Waals surface area (Å²) in [7, 11) is 1.24. The van der Waals surface area contributed by atoms with E-state index in [1.165, 1.54) is 12.1 Å². The number of esters is 1. The number of hydrogen-bond acceptors (Lipinski definition) is 4. The zero-order chi connectivity index (χ0) is 14.2. The Hall–Kier alpha value is -0.300. The Balaban J connectivity index is 2.39. The number of hydrogen-bond donors (Lipinski definition) is 0. The fourth-order valence-electron chi connectivity index (χ4n) is 1.59. The summed E-state index contributed by atoms with van der Waals surface area (Å²) >= 11 is 9.04. The van der Waals surface area contributed by atoms with Crippen LogP contribution in [0.3, 0.4) is 0 Å². The number of ether oxygens (including phenoxy) is 1. The summed E-state index contributed by atoms with van der Waals surface area (Å²) in [4.78, 5) is 11.6. The van der Waals surface area contributed by atoms with E-state index in [9.17, 15) is 13.2 Å². The van der Waals surface area contributed by atoms with Crippen LogP contribution in [0.5, 0.6) is 0 Å². The smallest absolute Gasteiger partial charge is 0.340 e. The predicted molar refractivity (Wildman–Crippen MR) is 75.2 cm³/mol. The third-order valence-electron chi connectivity index (χ3n) is 2.81. The van der Waals surface area contributed by atoms with Gasteiger partial charge in [-0.05, 0) is 31.4 Å². The highest BCUT2D eigenvalue weighted by atomic mass is 79.9. The van der Waals surface area contributed by atoms with Crippen molar-refractivity contribution >= 4 is 53.2 Å². The Morgan fingerprint density at radius 2 is 2.00 bits per heavy atom. The van der Waals surface area contributed by atoms with Crippen LogP contribution in [0.4, 0.5) is 0 Å². The molecule has 0 bridgehead atoms. The second-order valence-corrected chi connectivity index (χ2v) is 7.99. The third-order valence-corrected chi connectivity index (χ3v) is 5.14. The van der Waals surface area contributed by atoms with Crippen molar-refractivity contribution in [3.05, 3.63) is 27.2 Å². The van der Waals surface area contributed by atoms with Crippen molar-refractivity contribution in [2.24, 2.45) is 0 Å². The number of carbonyl (C=O) groups is 1. The lowest BCUT2D eigenvalue weighted by molar-refractivity contribution is 0.00899. The molecule has 1 aromatic carbocycles. The van der Waals surface area contributed by atoms with Gasteiger partial charge in [-0.2, -0.15) is 0 Å². The molecule has 0 aromatic heterocycles. The van der Waals surface area contributed by atoms with Crippen LogP contribution in [-0.2, 0) is 13.8 Å². The molecule has 0 saturated heterocycles. The van der Waals surface area contributed by atoms with Crippen LogP contribution in [-0.4, -0.2) is 20.5 Å². The van der Waals surface area contributed by atoms with Crippen molar-refractivity contribution in [1.82, 2.24) is 0 Å². The topological polar surface area (TPSA) is 60.4 Å². The molecule has 8 heteroatoms. The van der Waals surface area contributed by atoms with Crippen LogP contribution in [0.2, 0.25) is 5.02 Å². The van der Waals surface area contributed by atoms with E-state index in [1.807, 2.05) is 0 Å². The largest absolute Gasteiger partial charge is 0.459 e. The molecule has 0 spiro atoms. The average Bonchev–Trinajstić information content (AvgIpc) is 2.24. The van der Waals surface area contributed by atoms with Crippen LogP contribution in [0, 0.1) is 0 Å². The van der Waals surface area contributed by atoms with Crippen molar-refractivity contribution < 1.29 is 17.9 Å². The molecule has 2 rings (SSSR count). The monoisotopic (exact) mass is 386 g/mol. The van der Waals surface area contributed by atoms with E-state index in [0.29, 0.717) is 4.47 Å². The van der Waals surface area contributed by atoms with Gasteiger partial charge in [0.1, 0.15) is 11.0 Å². The molecule has 0 N–H and O–H groups in total. The fourth-order valence-corrected chi connectivity index (χ4v) is 3.77. The maximum Gasteiger partial charge on any atom is 0.340 e. The third kappa shape index (κ3) is 3.42. The fraction of sp³-hybridized carbons (Fsp3) is 0.364. The summed E-state index contributed by atoms with van der Waals surface area (Å²) in [5.74, 6) is -0.641. The molecule has 0 unspecified atom stereocenters. The zero-order valence-electron chi connectivity index (χ0n) is 9.53. The lowest BCUT2D eigenvalue weighted by Gasteiger charge is -2.25. The SMILES string of the molecule is O=C(OC1CCC1)c1cc(Br)cc(S(=O)(=O)Cl)c1Cl. The average molecular weight is 388 g/mol. The zero-order valence-corrected chi connectivity index (χ0v) is 13.4. The number of halogens is 3. The summed E-state index contributed by atoms with van der Waals surface area (Å²) in [6.07, 6.45) is 2.54. The molecular weight excluding hydrogens is 379 g/mol. The van der Waals surface area contributed by atoms with Crippen LogP contribution in [0.1, 0.15) is 29.6 Å². The van der Waals surface area contributed by atoms with Gasteiger partial charge in [0.2, 0.25) is 0 Å². The minimum atomic E-state index is -4.03. The first-order valence-corrected chi connectivity index (χ1v) is 8.92. The van der Waals surface area contributed by atoms with E-state index in [1.54, 1.807) is 0 Å². The van der Waals surface area contributed by atoms with Gasteiger partial charge in [0, 0.05) is 15.2 Å². The normalized spacial score (nSPS) is 15.9.